The van der Waals surface area contributed by atoms with Gasteiger partial charge < -0.3 is 15.6 Å². The second kappa shape index (κ2) is 4.89. The molecule has 0 saturated carbocycles. The molecule has 0 aromatic heterocycles. The summed E-state index contributed by atoms with van der Waals surface area (Å²) in [7, 11) is 1.27. The minimum atomic E-state index is -1.31. The van der Waals surface area contributed by atoms with E-state index in [9.17, 15) is 13.6 Å². The van der Waals surface area contributed by atoms with Crippen molar-refractivity contribution in [2.75, 3.05) is 13.7 Å². The Morgan fingerprint density at radius 1 is 1.56 bits per heavy atom. The minimum Gasteiger partial charge on any atom is -0.497 e. The van der Waals surface area contributed by atoms with Crippen LogP contribution in [0.1, 0.15) is 11.5 Å². The topological polar surface area (TPSA) is 72.5 Å². The Kier molecular flexibility index (Phi) is 3.78. The lowest BCUT2D eigenvalue weighted by Gasteiger charge is -2.13. The van der Waals surface area contributed by atoms with Crippen molar-refractivity contribution in [3.63, 3.8) is 0 Å². The van der Waals surface area contributed by atoms with Crippen LogP contribution >= 0.6 is 0 Å². The van der Waals surface area contributed by atoms with Crippen molar-refractivity contribution in [1.82, 2.24) is 0 Å². The number of nitrogens with two attached hydrogens (primary N) is 1. The molecule has 1 unspecified atom stereocenters. The Bertz CT molecular complexity index is 409. The van der Waals surface area contributed by atoms with Crippen LogP contribution in [0.2, 0.25) is 0 Å². The number of halogens is 2. The van der Waals surface area contributed by atoms with E-state index in [1.807, 2.05) is 0 Å². The van der Waals surface area contributed by atoms with Gasteiger partial charge in [0.25, 0.3) is 0 Å². The first-order chi connectivity index (χ1) is 7.51. The maximum Gasteiger partial charge on any atom is 0.312 e. The average Bonchev–Trinajstić information content (AvgIpc) is 2.24. The van der Waals surface area contributed by atoms with Gasteiger partial charge >= 0.3 is 5.97 Å². The molecule has 16 heavy (non-hydrogen) atoms. The number of hydrogen-bond acceptors (Lipinski definition) is 3. The van der Waals surface area contributed by atoms with Crippen molar-refractivity contribution in [2.24, 2.45) is 5.73 Å². The van der Waals surface area contributed by atoms with Crippen LogP contribution in [0.4, 0.5) is 8.78 Å². The van der Waals surface area contributed by atoms with Crippen molar-refractivity contribution >= 4 is 5.97 Å². The standard InChI is InChI=1S/C10H11F2NO3/c1-16-5-2-6(7(4-13)10(14)15)9(12)8(11)3-5/h2-3,7H,4,13H2,1H3,(H,14,15). The number of carboxylic acid groups (broad SMARTS) is 1. The van der Waals surface area contributed by atoms with Gasteiger partial charge in [0.05, 0.1) is 13.0 Å². The van der Waals surface area contributed by atoms with Gasteiger partial charge in [-0.25, -0.2) is 8.78 Å². The van der Waals surface area contributed by atoms with Crippen molar-refractivity contribution in [3.05, 3.63) is 29.3 Å². The molecule has 0 spiro atoms. The number of benzene rings is 1. The highest BCUT2D eigenvalue weighted by Gasteiger charge is 2.24. The van der Waals surface area contributed by atoms with E-state index in [0.29, 0.717) is 0 Å². The molecule has 0 fully saturated rings. The first-order valence-corrected chi connectivity index (χ1v) is 4.47. The predicted molar refractivity (Wildman–Crippen MR) is 52.3 cm³/mol. The molecule has 88 valence electrons. The molecule has 1 aromatic rings. The van der Waals surface area contributed by atoms with Gasteiger partial charge in [-0.1, -0.05) is 0 Å². The first kappa shape index (κ1) is 12.4. The zero-order chi connectivity index (χ0) is 12.3. The molecule has 1 aromatic carbocycles. The van der Waals surface area contributed by atoms with Crippen LogP contribution in [-0.2, 0) is 4.79 Å². The lowest BCUT2D eigenvalue weighted by molar-refractivity contribution is -0.138. The average molecular weight is 231 g/mol. The number of hydrogen-bond donors (Lipinski definition) is 2. The summed E-state index contributed by atoms with van der Waals surface area (Å²) in [4.78, 5) is 10.8. The molecule has 0 heterocycles. The normalized spacial score (nSPS) is 12.2. The fourth-order valence-corrected chi connectivity index (χ4v) is 1.32. The van der Waals surface area contributed by atoms with Crippen LogP contribution in [0.15, 0.2) is 12.1 Å². The van der Waals surface area contributed by atoms with Crippen LogP contribution in [-0.4, -0.2) is 24.7 Å². The van der Waals surface area contributed by atoms with Gasteiger partial charge in [0.1, 0.15) is 5.75 Å². The lowest BCUT2D eigenvalue weighted by atomic mass is 9.98. The Balaban J connectivity index is 3.30. The molecule has 0 saturated heterocycles. The molecule has 0 aliphatic rings. The quantitative estimate of drug-likeness (QED) is 0.813. The van der Waals surface area contributed by atoms with Crippen LogP contribution in [0, 0.1) is 11.6 Å². The van der Waals surface area contributed by atoms with Gasteiger partial charge in [-0.2, -0.15) is 0 Å². The first-order valence-electron chi connectivity index (χ1n) is 4.47. The Morgan fingerprint density at radius 2 is 2.19 bits per heavy atom. The molecular weight excluding hydrogens is 220 g/mol. The predicted octanol–water partition coefficient (Wildman–Crippen LogP) is 1.10. The number of rotatable bonds is 4. The van der Waals surface area contributed by atoms with E-state index in [0.717, 1.165) is 12.1 Å². The Morgan fingerprint density at radius 3 is 2.62 bits per heavy atom. The van der Waals surface area contributed by atoms with Gasteiger partial charge in [0.2, 0.25) is 0 Å². The highest BCUT2D eigenvalue weighted by molar-refractivity contribution is 5.76. The van der Waals surface area contributed by atoms with Crippen molar-refractivity contribution in [2.45, 2.75) is 5.92 Å². The fourth-order valence-electron chi connectivity index (χ4n) is 1.32. The Hall–Kier alpha value is -1.69. The summed E-state index contributed by atoms with van der Waals surface area (Å²) in [5, 5.41) is 8.80. The minimum absolute atomic E-state index is 0.0496. The second-order valence-corrected chi connectivity index (χ2v) is 3.14. The van der Waals surface area contributed by atoms with Crippen LogP contribution in [0.3, 0.4) is 0 Å². The number of carbonyl (C=O) groups is 1. The number of aliphatic carboxylic acids is 1. The monoisotopic (exact) mass is 231 g/mol. The molecule has 0 amide bonds. The van der Waals surface area contributed by atoms with Gasteiger partial charge in [0, 0.05) is 18.2 Å². The zero-order valence-corrected chi connectivity index (χ0v) is 8.54. The van der Waals surface area contributed by atoms with E-state index in [-0.39, 0.29) is 17.9 Å². The zero-order valence-electron chi connectivity index (χ0n) is 8.54. The lowest BCUT2D eigenvalue weighted by Crippen LogP contribution is -2.22. The molecule has 4 nitrogen and oxygen atoms in total. The maximum atomic E-state index is 13.4. The van der Waals surface area contributed by atoms with Crippen LogP contribution < -0.4 is 10.5 Å². The van der Waals surface area contributed by atoms with E-state index in [1.54, 1.807) is 0 Å². The highest BCUT2D eigenvalue weighted by atomic mass is 19.2. The van der Waals surface area contributed by atoms with Crippen LogP contribution in [0.5, 0.6) is 5.75 Å². The van der Waals surface area contributed by atoms with Crippen molar-refractivity contribution in [1.29, 1.82) is 0 Å². The summed E-state index contributed by atoms with van der Waals surface area (Å²) in [6.45, 7) is -0.321. The Labute approximate surface area is 90.6 Å². The third-order valence-corrected chi connectivity index (χ3v) is 2.17. The van der Waals surface area contributed by atoms with E-state index in [1.165, 1.54) is 7.11 Å². The van der Waals surface area contributed by atoms with Crippen molar-refractivity contribution in [3.8, 4) is 5.75 Å². The molecule has 6 heteroatoms. The summed E-state index contributed by atoms with van der Waals surface area (Å²) < 4.78 is 31.2. The van der Waals surface area contributed by atoms with E-state index < -0.39 is 23.5 Å². The highest BCUT2D eigenvalue weighted by Crippen LogP contribution is 2.26. The second-order valence-electron chi connectivity index (χ2n) is 3.14. The number of ether oxygens (including phenoxy) is 1. The largest absolute Gasteiger partial charge is 0.497 e. The summed E-state index contributed by atoms with van der Waals surface area (Å²) in [5.41, 5.74) is 4.89. The summed E-state index contributed by atoms with van der Waals surface area (Å²) in [6, 6.07) is 1.97. The number of methoxy groups -OCH3 is 1. The summed E-state index contributed by atoms with van der Waals surface area (Å²) in [5.74, 6) is -4.92. The molecule has 1 rings (SSSR count). The van der Waals surface area contributed by atoms with Gasteiger partial charge in [-0.05, 0) is 6.07 Å². The van der Waals surface area contributed by atoms with Crippen LogP contribution in [0.25, 0.3) is 0 Å². The van der Waals surface area contributed by atoms with Crippen molar-refractivity contribution < 1.29 is 23.4 Å². The molecule has 0 aliphatic heterocycles. The summed E-state index contributed by atoms with van der Waals surface area (Å²) >= 11 is 0. The SMILES string of the molecule is COc1cc(F)c(F)c(C(CN)C(=O)O)c1. The van der Waals surface area contributed by atoms with E-state index in [2.05, 4.69) is 0 Å². The number of carboxylic acids is 1. The molecule has 0 aliphatic carbocycles. The molecule has 0 bridgehead atoms. The molecule has 1 atom stereocenters. The molecule has 0 radical (unpaired) electrons. The fraction of sp³-hybridized carbons (Fsp3) is 0.300. The molecule has 3 N–H and O–H groups in total. The van der Waals surface area contributed by atoms with Gasteiger partial charge in [-0.3, -0.25) is 4.79 Å². The smallest absolute Gasteiger partial charge is 0.312 e. The van der Waals surface area contributed by atoms with Gasteiger partial charge in [-0.15, -0.1) is 0 Å². The van der Waals surface area contributed by atoms with E-state index >= 15 is 0 Å². The third kappa shape index (κ3) is 2.27. The van der Waals surface area contributed by atoms with Gasteiger partial charge in [0.15, 0.2) is 11.6 Å². The van der Waals surface area contributed by atoms with E-state index in [4.69, 9.17) is 15.6 Å². The summed E-state index contributed by atoms with van der Waals surface area (Å²) in [6.07, 6.45) is 0. The third-order valence-electron chi connectivity index (χ3n) is 2.17. The molecular formula is C10H11F2NO3. The maximum absolute atomic E-state index is 13.4.